The van der Waals surface area contributed by atoms with Gasteiger partial charge in [0.25, 0.3) is 0 Å². The molecule has 0 aromatic rings. The minimum Gasteiger partial charge on any atom is -0.378 e. The second-order valence-corrected chi connectivity index (χ2v) is 8.05. The van der Waals surface area contributed by atoms with Gasteiger partial charge in [-0.05, 0) is 69.1 Å². The molecule has 2 amide bonds. The van der Waals surface area contributed by atoms with Crippen molar-refractivity contribution in [3.8, 4) is 0 Å². The highest BCUT2D eigenvalue weighted by atomic mass is 16.5. The van der Waals surface area contributed by atoms with E-state index in [0.29, 0.717) is 18.2 Å². The summed E-state index contributed by atoms with van der Waals surface area (Å²) in [6, 6.07) is 0.767. The van der Waals surface area contributed by atoms with Crippen molar-refractivity contribution in [1.82, 2.24) is 10.6 Å². The fourth-order valence-electron chi connectivity index (χ4n) is 4.52. The van der Waals surface area contributed by atoms with Crippen molar-refractivity contribution in [2.45, 2.75) is 82.4 Å². The van der Waals surface area contributed by atoms with Crippen LogP contribution in [0.25, 0.3) is 0 Å². The molecule has 0 aromatic carbocycles. The molecular weight excluding hydrogens is 276 g/mol. The maximum Gasteiger partial charge on any atom is 0.315 e. The lowest BCUT2D eigenvalue weighted by Crippen LogP contribution is -2.50. The predicted molar refractivity (Wildman–Crippen MR) is 85.6 cm³/mol. The van der Waals surface area contributed by atoms with Gasteiger partial charge in [-0.2, -0.15) is 0 Å². The summed E-state index contributed by atoms with van der Waals surface area (Å²) in [6.45, 7) is 0.805. The monoisotopic (exact) mass is 306 g/mol. The first-order valence-electron chi connectivity index (χ1n) is 9.46. The van der Waals surface area contributed by atoms with Crippen LogP contribution in [0, 0.1) is 17.8 Å². The van der Waals surface area contributed by atoms with E-state index in [-0.39, 0.29) is 6.03 Å². The SMILES string of the molecule is O=C(N[C@@H]1CCC[C@H](C2CC2)C1)N[C@@H]1CCO[C@@H](C2CC2)C1. The van der Waals surface area contributed by atoms with E-state index in [2.05, 4.69) is 10.6 Å². The molecule has 0 bridgehead atoms. The van der Waals surface area contributed by atoms with E-state index in [1.54, 1.807) is 0 Å². The van der Waals surface area contributed by atoms with Gasteiger partial charge in [-0.25, -0.2) is 4.79 Å². The molecule has 4 fully saturated rings. The standard InChI is InChI=1S/C18H30N2O2/c21-18(19-15-3-1-2-14(10-15)12-4-5-12)20-16-8-9-22-17(11-16)13-6-7-13/h12-17H,1-11H2,(H2,19,20,21)/t14-,15+,16+,17+/m0/s1. The molecule has 1 aliphatic heterocycles. The summed E-state index contributed by atoms with van der Waals surface area (Å²) in [7, 11) is 0. The zero-order chi connectivity index (χ0) is 14.9. The third-order valence-electron chi connectivity index (χ3n) is 6.14. The van der Waals surface area contributed by atoms with Crippen LogP contribution in [0.15, 0.2) is 0 Å². The Kier molecular flexibility index (Phi) is 4.29. The minimum atomic E-state index is 0.0582. The van der Waals surface area contributed by atoms with E-state index in [0.717, 1.165) is 43.6 Å². The Labute approximate surface area is 133 Å². The van der Waals surface area contributed by atoms with E-state index in [1.165, 1.54) is 44.9 Å². The maximum atomic E-state index is 12.3. The van der Waals surface area contributed by atoms with E-state index in [9.17, 15) is 4.79 Å². The number of ether oxygens (including phenoxy) is 1. The van der Waals surface area contributed by atoms with Gasteiger partial charge in [0.05, 0.1) is 6.10 Å². The number of hydrogen-bond donors (Lipinski definition) is 2. The Balaban J connectivity index is 1.21. The van der Waals surface area contributed by atoms with Crippen LogP contribution in [0.1, 0.15) is 64.2 Å². The summed E-state index contributed by atoms with van der Waals surface area (Å²) in [5.41, 5.74) is 0. The average molecular weight is 306 g/mol. The van der Waals surface area contributed by atoms with Gasteiger partial charge in [0.2, 0.25) is 0 Å². The van der Waals surface area contributed by atoms with Crippen LogP contribution in [0.2, 0.25) is 0 Å². The molecular formula is C18H30N2O2. The average Bonchev–Trinajstić information content (AvgIpc) is 3.41. The molecule has 4 atom stereocenters. The second-order valence-electron chi connectivity index (χ2n) is 8.05. The Morgan fingerprint density at radius 1 is 0.773 bits per heavy atom. The number of carbonyl (C=O) groups excluding carboxylic acids is 1. The summed E-state index contributed by atoms with van der Waals surface area (Å²) >= 11 is 0. The lowest BCUT2D eigenvalue weighted by atomic mass is 9.83. The zero-order valence-corrected chi connectivity index (χ0v) is 13.6. The van der Waals surface area contributed by atoms with Crippen LogP contribution in [0.4, 0.5) is 4.79 Å². The van der Waals surface area contributed by atoms with E-state index in [1.807, 2.05) is 0 Å². The third-order valence-corrected chi connectivity index (χ3v) is 6.14. The summed E-state index contributed by atoms with van der Waals surface area (Å²) in [5, 5.41) is 6.46. The Bertz CT molecular complexity index is 370. The molecule has 0 spiro atoms. The van der Waals surface area contributed by atoms with Gasteiger partial charge in [-0.15, -0.1) is 0 Å². The van der Waals surface area contributed by atoms with Gasteiger partial charge >= 0.3 is 6.03 Å². The van der Waals surface area contributed by atoms with Crippen molar-refractivity contribution in [3.63, 3.8) is 0 Å². The van der Waals surface area contributed by atoms with Gasteiger partial charge < -0.3 is 15.4 Å². The molecule has 4 nitrogen and oxygen atoms in total. The predicted octanol–water partition coefficient (Wildman–Crippen LogP) is 3.21. The van der Waals surface area contributed by atoms with Crippen molar-refractivity contribution in [2.24, 2.45) is 17.8 Å². The van der Waals surface area contributed by atoms with Crippen LogP contribution < -0.4 is 10.6 Å². The molecule has 3 aliphatic carbocycles. The quantitative estimate of drug-likeness (QED) is 0.838. The molecule has 4 rings (SSSR count). The zero-order valence-electron chi connectivity index (χ0n) is 13.6. The highest BCUT2D eigenvalue weighted by Crippen LogP contribution is 2.44. The van der Waals surface area contributed by atoms with Gasteiger partial charge in [0, 0.05) is 18.7 Å². The van der Waals surface area contributed by atoms with Crippen LogP contribution >= 0.6 is 0 Å². The van der Waals surface area contributed by atoms with Crippen LogP contribution in [-0.4, -0.2) is 30.8 Å². The first-order chi connectivity index (χ1) is 10.8. The van der Waals surface area contributed by atoms with Crippen molar-refractivity contribution < 1.29 is 9.53 Å². The van der Waals surface area contributed by atoms with Crippen molar-refractivity contribution in [3.05, 3.63) is 0 Å². The lowest BCUT2D eigenvalue weighted by Gasteiger charge is -2.32. The van der Waals surface area contributed by atoms with Crippen molar-refractivity contribution >= 4 is 6.03 Å². The maximum absolute atomic E-state index is 12.3. The van der Waals surface area contributed by atoms with E-state index < -0.39 is 0 Å². The molecule has 2 N–H and O–H groups in total. The molecule has 4 heteroatoms. The third kappa shape index (κ3) is 3.76. The molecule has 0 unspecified atom stereocenters. The number of hydrogen-bond acceptors (Lipinski definition) is 2. The van der Waals surface area contributed by atoms with Gasteiger partial charge in [-0.3, -0.25) is 0 Å². The first kappa shape index (κ1) is 14.8. The minimum absolute atomic E-state index is 0.0582. The van der Waals surface area contributed by atoms with Crippen LogP contribution in [0.5, 0.6) is 0 Å². The largest absolute Gasteiger partial charge is 0.378 e. The van der Waals surface area contributed by atoms with Crippen LogP contribution in [0.3, 0.4) is 0 Å². The molecule has 22 heavy (non-hydrogen) atoms. The Morgan fingerprint density at radius 2 is 1.50 bits per heavy atom. The van der Waals surface area contributed by atoms with Crippen LogP contribution in [-0.2, 0) is 4.74 Å². The summed E-state index contributed by atoms with van der Waals surface area (Å²) in [6.07, 6.45) is 12.9. The highest BCUT2D eigenvalue weighted by Gasteiger charge is 2.37. The van der Waals surface area contributed by atoms with E-state index >= 15 is 0 Å². The van der Waals surface area contributed by atoms with E-state index in [4.69, 9.17) is 4.74 Å². The second kappa shape index (κ2) is 6.38. The Morgan fingerprint density at radius 3 is 2.23 bits per heavy atom. The van der Waals surface area contributed by atoms with Crippen molar-refractivity contribution in [1.29, 1.82) is 0 Å². The number of carbonyl (C=O) groups is 1. The summed E-state index contributed by atoms with van der Waals surface area (Å²) in [5.74, 6) is 2.62. The summed E-state index contributed by atoms with van der Waals surface area (Å²) < 4.78 is 5.84. The fourth-order valence-corrected chi connectivity index (χ4v) is 4.52. The number of nitrogens with one attached hydrogen (secondary N) is 2. The number of urea groups is 1. The molecule has 1 saturated heterocycles. The van der Waals surface area contributed by atoms with Gasteiger partial charge in [-0.1, -0.05) is 12.8 Å². The normalized spacial score (nSPS) is 39.3. The fraction of sp³-hybridized carbons (Fsp3) is 0.944. The topological polar surface area (TPSA) is 50.4 Å². The smallest absolute Gasteiger partial charge is 0.315 e. The number of amides is 2. The molecule has 124 valence electrons. The van der Waals surface area contributed by atoms with Gasteiger partial charge in [0.15, 0.2) is 0 Å². The highest BCUT2D eigenvalue weighted by molar-refractivity contribution is 5.74. The molecule has 1 heterocycles. The first-order valence-corrected chi connectivity index (χ1v) is 9.46. The molecule has 4 aliphatic rings. The molecule has 0 aromatic heterocycles. The molecule has 0 radical (unpaired) electrons. The molecule has 3 saturated carbocycles. The number of rotatable bonds is 4. The Hall–Kier alpha value is -0.770. The van der Waals surface area contributed by atoms with Crippen molar-refractivity contribution in [2.75, 3.05) is 6.61 Å². The summed E-state index contributed by atoms with van der Waals surface area (Å²) in [4.78, 5) is 12.3. The lowest BCUT2D eigenvalue weighted by molar-refractivity contribution is -0.00921. The van der Waals surface area contributed by atoms with Gasteiger partial charge in [0.1, 0.15) is 0 Å².